The van der Waals surface area contributed by atoms with Crippen LogP contribution in [-0.4, -0.2) is 31.1 Å². The Morgan fingerprint density at radius 3 is 3.08 bits per heavy atom. The van der Waals surface area contributed by atoms with Gasteiger partial charge in [-0.15, -0.1) is 10.2 Å². The number of hydrogen-bond acceptors (Lipinski definition) is 4. The Morgan fingerprint density at radius 2 is 2.20 bits per heavy atom. The van der Waals surface area contributed by atoms with Crippen molar-refractivity contribution >= 4 is 0 Å². The molecule has 6 nitrogen and oxygen atoms in total. The monoisotopic (exact) mass is 340 g/mol. The Bertz CT molecular complexity index is 868. The van der Waals surface area contributed by atoms with Crippen LogP contribution in [0.2, 0.25) is 0 Å². The molecule has 0 aliphatic carbocycles. The van der Waals surface area contributed by atoms with Gasteiger partial charge in [0.1, 0.15) is 17.5 Å². The first-order valence-electron chi connectivity index (χ1n) is 8.59. The third kappa shape index (κ3) is 3.46. The second kappa shape index (κ2) is 6.76. The second-order valence-corrected chi connectivity index (χ2v) is 6.54. The average Bonchev–Trinajstić information content (AvgIpc) is 3.23. The molecule has 0 fully saturated rings. The van der Waals surface area contributed by atoms with Gasteiger partial charge >= 0.3 is 0 Å². The van der Waals surface area contributed by atoms with E-state index in [9.17, 15) is 4.39 Å². The number of hydrogen-bond donors (Lipinski definition) is 1. The van der Waals surface area contributed by atoms with E-state index in [4.69, 9.17) is 0 Å². The molecule has 1 aliphatic rings. The molecule has 2 aromatic heterocycles. The maximum Gasteiger partial charge on any atom is 0.133 e. The summed E-state index contributed by atoms with van der Waals surface area (Å²) in [6.45, 7) is 4.61. The van der Waals surface area contributed by atoms with Crippen molar-refractivity contribution in [3.63, 3.8) is 0 Å². The summed E-state index contributed by atoms with van der Waals surface area (Å²) in [6, 6.07) is 8.40. The van der Waals surface area contributed by atoms with Crippen molar-refractivity contribution in [3.05, 3.63) is 59.7 Å². The largest absolute Gasteiger partial charge is 0.315 e. The van der Waals surface area contributed by atoms with E-state index >= 15 is 0 Å². The molecule has 1 N–H and O–H groups in total. The van der Waals surface area contributed by atoms with E-state index in [1.54, 1.807) is 10.7 Å². The lowest BCUT2D eigenvalue weighted by atomic mass is 9.99. The minimum atomic E-state index is -0.256. The maximum absolute atomic E-state index is 13.3. The van der Waals surface area contributed by atoms with Gasteiger partial charge in [0, 0.05) is 32.3 Å². The highest BCUT2D eigenvalue weighted by Gasteiger charge is 2.21. The number of nitrogens with one attached hydrogen (secondary N) is 1. The average molecular weight is 340 g/mol. The Labute approximate surface area is 145 Å². The minimum Gasteiger partial charge on any atom is -0.315 e. The molecule has 7 heteroatoms. The van der Waals surface area contributed by atoms with Crippen LogP contribution in [0.4, 0.5) is 4.39 Å². The molecular formula is C18H21FN6. The molecule has 1 aromatic carbocycles. The lowest BCUT2D eigenvalue weighted by molar-refractivity contribution is 0.343. The Balaban J connectivity index is 1.32. The van der Waals surface area contributed by atoms with E-state index in [0.29, 0.717) is 12.5 Å². The first-order chi connectivity index (χ1) is 12.2. The normalized spacial score (nSPS) is 16.8. The van der Waals surface area contributed by atoms with Crippen LogP contribution in [0.25, 0.3) is 5.69 Å². The number of halogens is 1. The van der Waals surface area contributed by atoms with E-state index in [1.165, 1.54) is 12.1 Å². The smallest absolute Gasteiger partial charge is 0.133 e. The Morgan fingerprint density at radius 1 is 1.28 bits per heavy atom. The van der Waals surface area contributed by atoms with Crippen LogP contribution >= 0.6 is 0 Å². The third-order valence-corrected chi connectivity index (χ3v) is 4.69. The molecule has 1 aliphatic heterocycles. The summed E-state index contributed by atoms with van der Waals surface area (Å²) < 4.78 is 17.2. The molecule has 0 bridgehead atoms. The lowest BCUT2D eigenvalue weighted by Gasteiger charge is -2.24. The van der Waals surface area contributed by atoms with Gasteiger partial charge in [0.25, 0.3) is 0 Å². The van der Waals surface area contributed by atoms with Crippen molar-refractivity contribution < 1.29 is 4.39 Å². The predicted octanol–water partition coefficient (Wildman–Crippen LogP) is 2.26. The molecule has 4 rings (SSSR count). The van der Waals surface area contributed by atoms with Crippen molar-refractivity contribution in [3.8, 4) is 5.69 Å². The second-order valence-electron chi connectivity index (χ2n) is 6.54. The van der Waals surface area contributed by atoms with Gasteiger partial charge < -0.3 is 9.88 Å². The SMILES string of the molecule is Cc1nnc2n1C[C@H](CNCc1ccn(-c3cccc(F)c3)n1)CC2. The molecule has 0 radical (unpaired) electrons. The van der Waals surface area contributed by atoms with Gasteiger partial charge in [-0.05, 0) is 43.5 Å². The fourth-order valence-electron chi connectivity index (χ4n) is 3.32. The molecule has 0 unspecified atom stereocenters. The molecule has 0 saturated carbocycles. The summed E-state index contributed by atoms with van der Waals surface area (Å²) in [5.74, 6) is 2.41. The van der Waals surface area contributed by atoms with Crippen LogP contribution < -0.4 is 5.32 Å². The molecular weight excluding hydrogens is 319 g/mol. The number of aromatic nitrogens is 5. The van der Waals surface area contributed by atoms with Gasteiger partial charge in [-0.25, -0.2) is 9.07 Å². The van der Waals surface area contributed by atoms with Crippen LogP contribution in [0.15, 0.2) is 36.5 Å². The highest BCUT2D eigenvalue weighted by Crippen LogP contribution is 2.19. The molecule has 25 heavy (non-hydrogen) atoms. The zero-order valence-electron chi connectivity index (χ0n) is 14.2. The minimum absolute atomic E-state index is 0.256. The van der Waals surface area contributed by atoms with Crippen LogP contribution in [0.5, 0.6) is 0 Å². The fourth-order valence-corrected chi connectivity index (χ4v) is 3.32. The lowest BCUT2D eigenvalue weighted by Crippen LogP contribution is -2.30. The molecule has 0 saturated heterocycles. The highest BCUT2D eigenvalue weighted by atomic mass is 19.1. The Hall–Kier alpha value is -2.54. The van der Waals surface area contributed by atoms with Gasteiger partial charge in [0.05, 0.1) is 11.4 Å². The molecule has 3 heterocycles. The van der Waals surface area contributed by atoms with Crippen LogP contribution in [0.3, 0.4) is 0 Å². The molecule has 3 aromatic rings. The zero-order chi connectivity index (χ0) is 17.2. The first kappa shape index (κ1) is 16.0. The summed E-state index contributed by atoms with van der Waals surface area (Å²) in [7, 11) is 0. The number of benzene rings is 1. The van der Waals surface area contributed by atoms with Crippen molar-refractivity contribution in [1.82, 2.24) is 29.9 Å². The number of fused-ring (bicyclic) bond motifs is 1. The zero-order valence-corrected chi connectivity index (χ0v) is 14.2. The third-order valence-electron chi connectivity index (χ3n) is 4.69. The van der Waals surface area contributed by atoms with Crippen LogP contribution in [0, 0.1) is 18.7 Å². The summed E-state index contributed by atoms with van der Waals surface area (Å²) >= 11 is 0. The standard InChI is InChI=1S/C18H21FN6/c1-13-21-22-18-6-5-14(12-24(13)18)10-20-11-16-7-8-25(23-16)17-4-2-3-15(19)9-17/h2-4,7-9,14,20H,5-6,10-12H2,1H3/t14-/m0/s1. The van der Waals surface area contributed by atoms with Crippen molar-refractivity contribution in [1.29, 1.82) is 0 Å². The first-order valence-corrected chi connectivity index (χ1v) is 8.59. The van der Waals surface area contributed by atoms with Gasteiger partial charge in [-0.3, -0.25) is 0 Å². The highest BCUT2D eigenvalue weighted by molar-refractivity contribution is 5.31. The summed E-state index contributed by atoms with van der Waals surface area (Å²) in [4.78, 5) is 0. The summed E-state index contributed by atoms with van der Waals surface area (Å²) in [5, 5.41) is 16.4. The summed E-state index contributed by atoms with van der Waals surface area (Å²) in [6.07, 6.45) is 3.98. The van der Waals surface area contributed by atoms with E-state index in [0.717, 1.165) is 49.0 Å². The quantitative estimate of drug-likeness (QED) is 0.774. The van der Waals surface area contributed by atoms with Gasteiger partial charge in [-0.2, -0.15) is 5.10 Å². The predicted molar refractivity (Wildman–Crippen MR) is 91.8 cm³/mol. The topological polar surface area (TPSA) is 60.6 Å². The molecule has 1 atom stereocenters. The van der Waals surface area contributed by atoms with Crippen molar-refractivity contribution in [2.24, 2.45) is 5.92 Å². The van der Waals surface area contributed by atoms with E-state index in [2.05, 4.69) is 25.2 Å². The fraction of sp³-hybridized carbons (Fsp3) is 0.389. The number of aryl methyl sites for hydroxylation is 2. The van der Waals surface area contributed by atoms with Crippen LogP contribution in [0.1, 0.15) is 23.8 Å². The Kier molecular flexibility index (Phi) is 4.31. The van der Waals surface area contributed by atoms with Crippen molar-refractivity contribution in [2.75, 3.05) is 6.54 Å². The maximum atomic E-state index is 13.3. The summed E-state index contributed by atoms with van der Waals surface area (Å²) in [5.41, 5.74) is 1.68. The number of nitrogens with zero attached hydrogens (tertiary/aromatic N) is 5. The van der Waals surface area contributed by atoms with E-state index < -0.39 is 0 Å². The van der Waals surface area contributed by atoms with Gasteiger partial charge in [-0.1, -0.05) is 6.07 Å². The van der Waals surface area contributed by atoms with Crippen molar-refractivity contribution in [2.45, 2.75) is 32.9 Å². The molecule has 0 amide bonds. The van der Waals surface area contributed by atoms with E-state index in [-0.39, 0.29) is 5.82 Å². The van der Waals surface area contributed by atoms with Crippen LogP contribution in [-0.2, 0) is 19.5 Å². The molecule has 130 valence electrons. The molecule has 0 spiro atoms. The number of rotatable bonds is 5. The van der Waals surface area contributed by atoms with Gasteiger partial charge in [0.15, 0.2) is 0 Å². The van der Waals surface area contributed by atoms with E-state index in [1.807, 2.05) is 25.3 Å². The van der Waals surface area contributed by atoms with Gasteiger partial charge in [0.2, 0.25) is 0 Å².